The Hall–Kier alpha value is -3.97. The van der Waals surface area contributed by atoms with Crippen molar-refractivity contribution in [3.05, 3.63) is 42.0 Å². The van der Waals surface area contributed by atoms with Crippen LogP contribution in [0.5, 0.6) is 0 Å². The Labute approximate surface area is 368 Å². The molecule has 21 nitrogen and oxygen atoms in total. The number of carbonyl (C=O) groups is 5. The number of nitrogens with one attached hydrogen (secondary N) is 2. The normalized spacial score (nSPS) is 13.5. The van der Waals surface area contributed by atoms with Crippen LogP contribution < -0.4 is 15.5 Å². The molecule has 63 heavy (non-hydrogen) atoms. The molecule has 4 N–H and O–H groups in total. The van der Waals surface area contributed by atoms with Gasteiger partial charge in [0.1, 0.15) is 6.04 Å². The maximum Gasteiger partial charge on any atom is 0.303 e. The van der Waals surface area contributed by atoms with Crippen LogP contribution in [-0.2, 0) is 82.5 Å². The summed E-state index contributed by atoms with van der Waals surface area (Å²) in [7, 11) is 1.63. The van der Waals surface area contributed by atoms with Crippen LogP contribution in [0.4, 0.5) is 5.69 Å². The minimum atomic E-state index is -1.17. The van der Waals surface area contributed by atoms with E-state index in [-0.39, 0.29) is 38.9 Å². The number of rotatable bonds is 43. The van der Waals surface area contributed by atoms with Gasteiger partial charge in [-0.15, -0.1) is 0 Å². The summed E-state index contributed by atoms with van der Waals surface area (Å²) < 4.78 is 59.5. The fraction of sp³-hybridized carbons (Fsp3) is 0.690. The number of carboxylic acids is 1. The molecule has 1 aliphatic rings. The lowest BCUT2D eigenvalue weighted by molar-refractivity contribution is -0.138. The van der Waals surface area contributed by atoms with E-state index in [1.165, 1.54) is 24.3 Å². The molecule has 0 spiro atoms. The summed E-state index contributed by atoms with van der Waals surface area (Å²) in [6, 6.07) is 4.32. The number of hydrogen-bond acceptors (Lipinski definition) is 17. The number of aliphatic hydroxyl groups is 1. The Kier molecular flexibility index (Phi) is 32.8. The van der Waals surface area contributed by atoms with E-state index in [4.69, 9.17) is 52.1 Å². The highest BCUT2D eigenvalue weighted by atomic mass is 16.6. The second-order valence-corrected chi connectivity index (χ2v) is 13.5. The zero-order valence-corrected chi connectivity index (χ0v) is 36.4. The molecule has 0 aromatic heterocycles. The summed E-state index contributed by atoms with van der Waals surface area (Å²) in [4.78, 5) is 61.9. The quantitative estimate of drug-likeness (QED) is 0.0484. The maximum absolute atomic E-state index is 13.0. The average Bonchev–Trinajstić information content (AvgIpc) is 3.61. The predicted molar refractivity (Wildman–Crippen MR) is 224 cm³/mol. The van der Waals surface area contributed by atoms with E-state index in [1.807, 2.05) is 0 Å². The summed E-state index contributed by atoms with van der Waals surface area (Å²) >= 11 is 0. The van der Waals surface area contributed by atoms with E-state index in [2.05, 4.69) is 10.6 Å². The van der Waals surface area contributed by atoms with Crippen molar-refractivity contribution in [2.45, 2.75) is 37.8 Å². The van der Waals surface area contributed by atoms with Gasteiger partial charge in [-0.25, -0.2) is 4.90 Å². The first-order valence-corrected chi connectivity index (χ1v) is 21.1. The van der Waals surface area contributed by atoms with Gasteiger partial charge < -0.3 is 73.0 Å². The van der Waals surface area contributed by atoms with Gasteiger partial charge in [0.05, 0.1) is 157 Å². The highest BCUT2D eigenvalue weighted by Crippen LogP contribution is 2.19. The molecule has 1 aliphatic heterocycles. The molecule has 2 atom stereocenters. The topological polar surface area (TPSA) is 255 Å². The number of hydrogen-bond donors (Lipinski definition) is 4. The molecule has 0 bridgehead atoms. The Morgan fingerprint density at radius 2 is 0.937 bits per heavy atom. The number of anilines is 1. The number of benzene rings is 1. The van der Waals surface area contributed by atoms with Crippen molar-refractivity contribution in [3.8, 4) is 0 Å². The van der Waals surface area contributed by atoms with Crippen molar-refractivity contribution >= 4 is 35.3 Å². The second-order valence-electron chi connectivity index (χ2n) is 13.5. The van der Waals surface area contributed by atoms with Crippen LogP contribution in [0.15, 0.2) is 36.4 Å². The molecule has 0 aliphatic carbocycles. The first kappa shape index (κ1) is 55.2. The van der Waals surface area contributed by atoms with E-state index >= 15 is 0 Å². The van der Waals surface area contributed by atoms with E-state index in [9.17, 15) is 34.2 Å². The van der Waals surface area contributed by atoms with Crippen LogP contribution in [-0.4, -0.2) is 204 Å². The number of aliphatic carboxylic acids is 1. The van der Waals surface area contributed by atoms with Crippen LogP contribution in [0.3, 0.4) is 0 Å². The van der Waals surface area contributed by atoms with Crippen molar-refractivity contribution < 1.29 is 86.3 Å². The van der Waals surface area contributed by atoms with Crippen molar-refractivity contribution in [3.63, 3.8) is 0 Å². The average molecular weight is 902 g/mol. The van der Waals surface area contributed by atoms with Crippen LogP contribution in [0.25, 0.3) is 0 Å². The number of imide groups is 1. The molecule has 0 fully saturated rings. The second kappa shape index (κ2) is 37.4. The highest BCUT2D eigenvalue weighted by molar-refractivity contribution is 6.28. The SMILES string of the molecule is COCCOCCOCCOCCOCCOCCOCCOCCOCCOCCOCCC(CO)NC(=O)[C@H](CCC(=O)O)NC(=O)Cc1ccc(N2C(=O)C=CC2=O)cc1. The summed E-state index contributed by atoms with van der Waals surface area (Å²) in [5.41, 5.74) is 0.885. The third-order valence-electron chi connectivity index (χ3n) is 8.62. The van der Waals surface area contributed by atoms with Gasteiger partial charge in [-0.2, -0.15) is 0 Å². The first-order valence-electron chi connectivity index (χ1n) is 21.1. The van der Waals surface area contributed by atoms with E-state index < -0.39 is 48.3 Å². The van der Waals surface area contributed by atoms with Gasteiger partial charge in [-0.1, -0.05) is 12.1 Å². The fourth-order valence-electron chi connectivity index (χ4n) is 5.34. The molecule has 0 radical (unpaired) electrons. The molecular formula is C42H67N3O18. The van der Waals surface area contributed by atoms with Gasteiger partial charge in [-0.3, -0.25) is 24.0 Å². The lowest BCUT2D eigenvalue weighted by atomic mass is 10.1. The van der Waals surface area contributed by atoms with Gasteiger partial charge in [0.15, 0.2) is 0 Å². The molecule has 4 amide bonds. The number of amides is 4. The van der Waals surface area contributed by atoms with E-state index in [0.29, 0.717) is 137 Å². The molecule has 358 valence electrons. The molecule has 21 heteroatoms. The lowest BCUT2D eigenvalue weighted by Crippen LogP contribution is -2.51. The Balaban J connectivity index is 1.39. The Morgan fingerprint density at radius 3 is 1.30 bits per heavy atom. The van der Waals surface area contributed by atoms with Gasteiger partial charge in [0, 0.05) is 32.3 Å². The monoisotopic (exact) mass is 901 g/mol. The summed E-state index contributed by atoms with van der Waals surface area (Å²) in [5.74, 6) is -3.27. The zero-order chi connectivity index (χ0) is 45.6. The molecule has 0 saturated carbocycles. The summed E-state index contributed by atoms with van der Waals surface area (Å²) in [6.07, 6.45) is 1.90. The molecule has 1 aromatic carbocycles. The summed E-state index contributed by atoms with van der Waals surface area (Å²) in [5, 5.41) is 24.2. The standard InChI is InChI=1S/C42H67N3O18/c1-53-12-13-55-16-17-57-20-21-59-24-25-61-28-29-63-31-30-62-27-26-60-23-22-58-19-18-56-15-14-54-11-10-35(33-46)43-42(52)37(6-9-41(50)51)44-38(47)32-34-2-4-36(5-3-34)45-39(48)7-8-40(45)49/h2-5,7-8,35,37,46H,6,9-33H2,1H3,(H,43,52)(H,44,47)(H,50,51)/t35?,37-/m0/s1. The molecule has 1 aromatic rings. The van der Waals surface area contributed by atoms with E-state index in [0.717, 1.165) is 4.90 Å². The number of methoxy groups -OCH3 is 1. The molecule has 0 saturated heterocycles. The van der Waals surface area contributed by atoms with Crippen molar-refractivity contribution in [1.29, 1.82) is 0 Å². The van der Waals surface area contributed by atoms with Crippen LogP contribution in [0.1, 0.15) is 24.8 Å². The number of carboxylic acid groups (broad SMARTS) is 1. The largest absolute Gasteiger partial charge is 0.481 e. The number of carbonyl (C=O) groups excluding carboxylic acids is 4. The third-order valence-corrected chi connectivity index (χ3v) is 8.62. The van der Waals surface area contributed by atoms with Gasteiger partial charge >= 0.3 is 5.97 Å². The zero-order valence-electron chi connectivity index (χ0n) is 36.4. The smallest absolute Gasteiger partial charge is 0.303 e. The number of ether oxygens (including phenoxy) is 11. The molecular weight excluding hydrogens is 834 g/mol. The van der Waals surface area contributed by atoms with Crippen molar-refractivity contribution in [1.82, 2.24) is 10.6 Å². The fourth-order valence-corrected chi connectivity index (χ4v) is 5.34. The van der Waals surface area contributed by atoms with Gasteiger partial charge in [0.2, 0.25) is 11.8 Å². The number of aliphatic hydroxyl groups excluding tert-OH is 1. The van der Waals surface area contributed by atoms with E-state index in [1.54, 1.807) is 19.2 Å². The predicted octanol–water partition coefficient (Wildman–Crippen LogP) is -0.312. The van der Waals surface area contributed by atoms with Crippen molar-refractivity contribution in [2.75, 3.05) is 157 Å². The molecule has 1 unspecified atom stereocenters. The minimum Gasteiger partial charge on any atom is -0.481 e. The van der Waals surface area contributed by atoms with Gasteiger partial charge in [-0.05, 0) is 30.5 Å². The van der Waals surface area contributed by atoms with Crippen LogP contribution >= 0.6 is 0 Å². The first-order chi connectivity index (χ1) is 30.7. The minimum absolute atomic E-state index is 0.145. The van der Waals surface area contributed by atoms with Crippen LogP contribution in [0, 0.1) is 0 Å². The lowest BCUT2D eigenvalue weighted by Gasteiger charge is -2.22. The highest BCUT2D eigenvalue weighted by Gasteiger charge is 2.26. The summed E-state index contributed by atoms with van der Waals surface area (Å²) in [6.45, 7) is 8.81. The molecule has 1 heterocycles. The van der Waals surface area contributed by atoms with Crippen molar-refractivity contribution in [2.24, 2.45) is 0 Å². The molecule has 2 rings (SSSR count). The third kappa shape index (κ3) is 28.4. The Bertz CT molecular complexity index is 1400. The number of nitrogens with zero attached hydrogens (tertiary/aromatic N) is 1. The Morgan fingerprint density at radius 1 is 0.556 bits per heavy atom. The maximum atomic E-state index is 13.0. The van der Waals surface area contributed by atoms with Gasteiger partial charge in [0.25, 0.3) is 11.8 Å². The van der Waals surface area contributed by atoms with Crippen LogP contribution in [0.2, 0.25) is 0 Å².